The first-order valence-corrected chi connectivity index (χ1v) is 9.05. The van der Waals surface area contributed by atoms with Crippen LogP contribution in [0.25, 0.3) is 0 Å². The highest BCUT2D eigenvalue weighted by atomic mass is 32.2. The van der Waals surface area contributed by atoms with Gasteiger partial charge in [-0.3, -0.25) is 0 Å². The Hall–Kier alpha value is -1.27. The van der Waals surface area contributed by atoms with Crippen molar-refractivity contribution in [2.45, 2.75) is 32.4 Å². The highest BCUT2D eigenvalue weighted by Gasteiger charge is 2.30. The number of nitrogens with one attached hydrogen (secondary N) is 1. The zero-order valence-corrected chi connectivity index (χ0v) is 13.6. The van der Waals surface area contributed by atoms with Crippen LogP contribution in [0, 0.1) is 0 Å². The maximum absolute atomic E-state index is 11.5. The van der Waals surface area contributed by atoms with Gasteiger partial charge in [0.05, 0.1) is 18.6 Å². The van der Waals surface area contributed by atoms with Gasteiger partial charge in [-0.25, -0.2) is 8.42 Å². The topological polar surface area (TPSA) is 64.6 Å². The minimum absolute atomic E-state index is 0.0890. The maximum atomic E-state index is 11.5. The fourth-order valence-electron chi connectivity index (χ4n) is 2.51. The SMILES string of the molecule is CCNC(C)c1ccc(OC2CCS(=O)(=O)C2)c(OC)c1. The number of benzene rings is 1. The lowest BCUT2D eigenvalue weighted by molar-refractivity contribution is 0.218. The molecule has 2 rings (SSSR count). The van der Waals surface area contributed by atoms with Crippen molar-refractivity contribution in [1.29, 1.82) is 0 Å². The Morgan fingerprint density at radius 3 is 2.71 bits per heavy atom. The Balaban J connectivity index is 2.13. The summed E-state index contributed by atoms with van der Waals surface area (Å²) in [4.78, 5) is 0. The van der Waals surface area contributed by atoms with E-state index in [-0.39, 0.29) is 23.7 Å². The molecule has 0 spiro atoms. The molecule has 1 aliphatic heterocycles. The number of hydrogen-bond acceptors (Lipinski definition) is 5. The van der Waals surface area contributed by atoms with Gasteiger partial charge in [-0.1, -0.05) is 13.0 Å². The summed E-state index contributed by atoms with van der Waals surface area (Å²) in [7, 11) is -1.35. The Morgan fingerprint density at radius 1 is 1.38 bits per heavy atom. The van der Waals surface area contributed by atoms with Gasteiger partial charge in [-0.05, 0) is 37.6 Å². The molecular weight excluding hydrogens is 290 g/mol. The molecule has 0 bridgehead atoms. The molecule has 2 unspecified atom stereocenters. The van der Waals surface area contributed by atoms with E-state index in [1.165, 1.54) is 0 Å². The maximum Gasteiger partial charge on any atom is 0.161 e. The molecule has 21 heavy (non-hydrogen) atoms. The van der Waals surface area contributed by atoms with Gasteiger partial charge >= 0.3 is 0 Å². The third-order valence-corrected chi connectivity index (χ3v) is 5.42. The molecular formula is C15H23NO4S. The lowest BCUT2D eigenvalue weighted by atomic mass is 10.1. The van der Waals surface area contributed by atoms with Crippen molar-refractivity contribution in [3.05, 3.63) is 23.8 Å². The van der Waals surface area contributed by atoms with Gasteiger partial charge in [0.2, 0.25) is 0 Å². The van der Waals surface area contributed by atoms with Crippen LogP contribution in [-0.4, -0.2) is 39.7 Å². The van der Waals surface area contributed by atoms with Gasteiger partial charge in [0.25, 0.3) is 0 Å². The van der Waals surface area contributed by atoms with E-state index in [9.17, 15) is 8.42 Å². The summed E-state index contributed by atoms with van der Waals surface area (Å²) in [6.07, 6.45) is 0.266. The molecule has 1 saturated heterocycles. The number of ether oxygens (including phenoxy) is 2. The van der Waals surface area contributed by atoms with Crippen molar-refractivity contribution in [2.75, 3.05) is 25.2 Å². The number of rotatable bonds is 6. The lowest BCUT2D eigenvalue weighted by Crippen LogP contribution is -2.19. The molecule has 0 amide bonds. The van der Waals surface area contributed by atoms with E-state index in [0.29, 0.717) is 17.9 Å². The average Bonchev–Trinajstić information content (AvgIpc) is 2.78. The fraction of sp³-hybridized carbons (Fsp3) is 0.600. The second kappa shape index (κ2) is 6.66. The smallest absolute Gasteiger partial charge is 0.161 e. The first-order chi connectivity index (χ1) is 9.95. The van der Waals surface area contributed by atoms with Gasteiger partial charge < -0.3 is 14.8 Å². The third-order valence-electron chi connectivity index (χ3n) is 3.68. The van der Waals surface area contributed by atoms with Crippen LogP contribution in [0.4, 0.5) is 0 Å². The first kappa shape index (κ1) is 16.1. The van der Waals surface area contributed by atoms with Gasteiger partial charge in [-0.2, -0.15) is 0 Å². The summed E-state index contributed by atoms with van der Waals surface area (Å²) >= 11 is 0. The van der Waals surface area contributed by atoms with Gasteiger partial charge in [-0.15, -0.1) is 0 Å². The minimum atomic E-state index is -2.94. The highest BCUT2D eigenvalue weighted by Crippen LogP contribution is 2.32. The summed E-state index contributed by atoms with van der Waals surface area (Å²) in [5.74, 6) is 1.54. The second-order valence-electron chi connectivity index (χ2n) is 5.33. The molecule has 0 radical (unpaired) electrons. The lowest BCUT2D eigenvalue weighted by Gasteiger charge is -2.18. The van der Waals surface area contributed by atoms with Crippen molar-refractivity contribution in [1.82, 2.24) is 5.32 Å². The third kappa shape index (κ3) is 4.11. The Kier molecular flexibility index (Phi) is 5.11. The molecule has 1 aromatic carbocycles. The molecule has 1 aliphatic rings. The van der Waals surface area contributed by atoms with E-state index in [2.05, 4.69) is 19.2 Å². The molecule has 5 nitrogen and oxygen atoms in total. The largest absolute Gasteiger partial charge is 0.493 e. The summed E-state index contributed by atoms with van der Waals surface area (Å²) in [5.41, 5.74) is 1.11. The van der Waals surface area contributed by atoms with E-state index in [1.54, 1.807) is 7.11 Å². The summed E-state index contributed by atoms with van der Waals surface area (Å²) in [6.45, 7) is 5.04. The van der Waals surface area contributed by atoms with Crippen LogP contribution in [0.1, 0.15) is 31.9 Å². The molecule has 0 aromatic heterocycles. The van der Waals surface area contributed by atoms with Crippen LogP contribution in [0.15, 0.2) is 18.2 Å². The van der Waals surface area contributed by atoms with Crippen LogP contribution < -0.4 is 14.8 Å². The van der Waals surface area contributed by atoms with E-state index in [4.69, 9.17) is 9.47 Å². The molecule has 0 aliphatic carbocycles. The van der Waals surface area contributed by atoms with Gasteiger partial charge in [0.15, 0.2) is 21.3 Å². The normalized spacial score (nSPS) is 22.0. The van der Waals surface area contributed by atoms with Crippen LogP contribution in [0.3, 0.4) is 0 Å². The molecule has 1 N–H and O–H groups in total. The summed E-state index contributed by atoms with van der Waals surface area (Å²) in [5, 5.41) is 3.34. The van der Waals surface area contributed by atoms with Gasteiger partial charge in [0.1, 0.15) is 6.10 Å². The van der Waals surface area contributed by atoms with Crippen LogP contribution in [0.2, 0.25) is 0 Å². The van der Waals surface area contributed by atoms with Crippen LogP contribution in [0.5, 0.6) is 11.5 Å². The van der Waals surface area contributed by atoms with E-state index >= 15 is 0 Å². The van der Waals surface area contributed by atoms with Crippen molar-refractivity contribution in [3.8, 4) is 11.5 Å². The van der Waals surface area contributed by atoms with Crippen molar-refractivity contribution in [2.24, 2.45) is 0 Å². The van der Waals surface area contributed by atoms with Crippen molar-refractivity contribution in [3.63, 3.8) is 0 Å². The van der Waals surface area contributed by atoms with Gasteiger partial charge in [0, 0.05) is 6.04 Å². The van der Waals surface area contributed by atoms with E-state index in [0.717, 1.165) is 12.1 Å². The van der Waals surface area contributed by atoms with Crippen molar-refractivity contribution < 1.29 is 17.9 Å². The zero-order chi connectivity index (χ0) is 15.5. The monoisotopic (exact) mass is 313 g/mol. The highest BCUT2D eigenvalue weighted by molar-refractivity contribution is 7.91. The second-order valence-corrected chi connectivity index (χ2v) is 7.56. The summed E-state index contributed by atoms with van der Waals surface area (Å²) < 4.78 is 34.1. The first-order valence-electron chi connectivity index (χ1n) is 7.23. The standard InChI is InChI=1S/C15H23NO4S/c1-4-16-11(2)12-5-6-14(15(9-12)19-3)20-13-7-8-21(17,18)10-13/h5-6,9,11,13,16H,4,7-8,10H2,1-3H3. The minimum Gasteiger partial charge on any atom is -0.493 e. The van der Waals surface area contributed by atoms with E-state index < -0.39 is 9.84 Å². The molecule has 6 heteroatoms. The predicted octanol–water partition coefficient (Wildman–Crippen LogP) is 1.93. The molecule has 1 fully saturated rings. The van der Waals surface area contributed by atoms with E-state index in [1.807, 2.05) is 18.2 Å². The quantitative estimate of drug-likeness (QED) is 0.869. The Bertz CT molecular complexity index is 585. The van der Waals surface area contributed by atoms with Crippen LogP contribution in [-0.2, 0) is 9.84 Å². The van der Waals surface area contributed by atoms with Crippen LogP contribution >= 0.6 is 0 Å². The zero-order valence-electron chi connectivity index (χ0n) is 12.8. The molecule has 1 aromatic rings. The molecule has 2 atom stereocenters. The number of hydrogen-bond donors (Lipinski definition) is 1. The predicted molar refractivity (Wildman–Crippen MR) is 82.8 cm³/mol. The Labute approximate surface area is 126 Å². The molecule has 118 valence electrons. The molecule has 0 saturated carbocycles. The Morgan fingerprint density at radius 2 is 2.14 bits per heavy atom. The molecule has 1 heterocycles. The fourth-order valence-corrected chi connectivity index (χ4v) is 4.10. The number of methoxy groups -OCH3 is 1. The summed E-state index contributed by atoms with van der Waals surface area (Å²) in [6, 6.07) is 6.00. The number of sulfone groups is 1. The average molecular weight is 313 g/mol. The van der Waals surface area contributed by atoms with Crippen molar-refractivity contribution >= 4 is 9.84 Å².